The van der Waals surface area contributed by atoms with Crippen LogP contribution in [0.15, 0.2) is 22.7 Å². The van der Waals surface area contributed by atoms with Gasteiger partial charge in [0.05, 0.1) is 10.7 Å². The van der Waals surface area contributed by atoms with Crippen LogP contribution in [0.1, 0.15) is 26.7 Å². The lowest BCUT2D eigenvalue weighted by atomic mass is 10.2. The lowest BCUT2D eigenvalue weighted by Crippen LogP contribution is -2.25. The highest BCUT2D eigenvalue weighted by Gasteiger charge is 2.08. The first-order chi connectivity index (χ1) is 7.19. The Bertz CT molecular complexity index is 308. The summed E-state index contributed by atoms with van der Waals surface area (Å²) in [6.07, 6.45) is 2.28. The minimum absolute atomic E-state index is 0.833. The fraction of sp³-hybridized carbons (Fsp3) is 0.500. The molecule has 0 spiro atoms. The predicted molar refractivity (Wildman–Crippen MR) is 71.9 cm³/mol. The molecule has 1 aromatic carbocycles. The Labute approximate surface area is 106 Å². The van der Waals surface area contributed by atoms with Gasteiger partial charge in [0.2, 0.25) is 0 Å². The first-order valence-corrected chi connectivity index (χ1v) is 6.56. The van der Waals surface area contributed by atoms with Crippen molar-refractivity contribution in [1.29, 1.82) is 0 Å². The smallest absolute Gasteiger partial charge is 0.0640 e. The van der Waals surface area contributed by atoms with Crippen LogP contribution < -0.4 is 4.90 Å². The van der Waals surface area contributed by atoms with E-state index < -0.39 is 0 Å². The molecule has 0 aliphatic heterocycles. The second-order valence-corrected chi connectivity index (χ2v) is 4.91. The number of hydrogen-bond donors (Lipinski definition) is 0. The van der Waals surface area contributed by atoms with Gasteiger partial charge in [-0.05, 0) is 31.0 Å². The molecule has 0 amide bonds. The van der Waals surface area contributed by atoms with Crippen molar-refractivity contribution in [3.63, 3.8) is 0 Å². The summed E-state index contributed by atoms with van der Waals surface area (Å²) in [7, 11) is 0. The standard InChI is InChI=1S/C12H17BrClN/c1-3-7-15(8-4-2)12-9-10(13)5-6-11(12)14/h5-6,9H,3-4,7-8H2,1-2H3. The van der Waals surface area contributed by atoms with Gasteiger partial charge in [-0.15, -0.1) is 0 Å². The summed E-state index contributed by atoms with van der Waals surface area (Å²) in [5.41, 5.74) is 1.13. The molecular weight excluding hydrogens is 273 g/mol. The summed E-state index contributed by atoms with van der Waals surface area (Å²) >= 11 is 9.68. The predicted octanol–water partition coefficient (Wildman–Crippen LogP) is 4.73. The van der Waals surface area contributed by atoms with Gasteiger partial charge >= 0.3 is 0 Å². The first-order valence-electron chi connectivity index (χ1n) is 5.39. The average Bonchev–Trinajstić information content (AvgIpc) is 2.21. The maximum Gasteiger partial charge on any atom is 0.0640 e. The molecule has 0 aliphatic carbocycles. The molecule has 0 saturated carbocycles. The van der Waals surface area contributed by atoms with E-state index in [1.54, 1.807) is 0 Å². The fourth-order valence-corrected chi connectivity index (χ4v) is 2.21. The van der Waals surface area contributed by atoms with Crippen molar-refractivity contribution in [2.24, 2.45) is 0 Å². The third-order valence-electron chi connectivity index (χ3n) is 2.24. The normalized spacial score (nSPS) is 10.4. The van der Waals surface area contributed by atoms with Crippen molar-refractivity contribution in [3.8, 4) is 0 Å². The molecule has 84 valence electrons. The molecule has 1 rings (SSSR count). The van der Waals surface area contributed by atoms with E-state index in [4.69, 9.17) is 11.6 Å². The van der Waals surface area contributed by atoms with Gasteiger partial charge in [0.15, 0.2) is 0 Å². The highest BCUT2D eigenvalue weighted by atomic mass is 79.9. The number of benzene rings is 1. The van der Waals surface area contributed by atoms with Crippen LogP contribution in [0.5, 0.6) is 0 Å². The third kappa shape index (κ3) is 3.69. The second kappa shape index (κ2) is 6.39. The monoisotopic (exact) mass is 289 g/mol. The summed E-state index contributed by atoms with van der Waals surface area (Å²) in [5.74, 6) is 0. The zero-order chi connectivity index (χ0) is 11.3. The molecule has 0 radical (unpaired) electrons. The Morgan fingerprint density at radius 3 is 2.33 bits per heavy atom. The topological polar surface area (TPSA) is 3.24 Å². The zero-order valence-corrected chi connectivity index (χ0v) is 11.6. The minimum Gasteiger partial charge on any atom is -0.370 e. The van der Waals surface area contributed by atoms with Gasteiger partial charge < -0.3 is 4.90 Å². The molecule has 1 nitrogen and oxygen atoms in total. The van der Waals surface area contributed by atoms with Crippen LogP contribution in [0.25, 0.3) is 0 Å². The molecular formula is C12H17BrClN. The van der Waals surface area contributed by atoms with Gasteiger partial charge in [0.25, 0.3) is 0 Å². The van der Waals surface area contributed by atoms with Gasteiger partial charge in [-0.2, -0.15) is 0 Å². The Hall–Kier alpha value is -0.210. The maximum atomic E-state index is 6.20. The Kier molecular flexibility index (Phi) is 5.48. The van der Waals surface area contributed by atoms with Crippen molar-refractivity contribution < 1.29 is 0 Å². The highest BCUT2D eigenvalue weighted by molar-refractivity contribution is 9.10. The Morgan fingerprint density at radius 1 is 1.20 bits per heavy atom. The maximum absolute atomic E-state index is 6.20. The molecule has 0 atom stereocenters. The number of rotatable bonds is 5. The molecule has 3 heteroatoms. The van der Waals surface area contributed by atoms with Gasteiger partial charge in [0.1, 0.15) is 0 Å². The Morgan fingerprint density at radius 2 is 1.80 bits per heavy atom. The van der Waals surface area contributed by atoms with E-state index in [0.717, 1.165) is 41.1 Å². The van der Waals surface area contributed by atoms with Crippen LogP contribution in [0.4, 0.5) is 5.69 Å². The molecule has 15 heavy (non-hydrogen) atoms. The molecule has 0 aromatic heterocycles. The highest BCUT2D eigenvalue weighted by Crippen LogP contribution is 2.29. The number of halogens is 2. The molecule has 0 bridgehead atoms. The minimum atomic E-state index is 0.833. The summed E-state index contributed by atoms with van der Waals surface area (Å²) in [6.45, 7) is 6.50. The summed E-state index contributed by atoms with van der Waals surface area (Å²) in [5, 5.41) is 0.833. The van der Waals surface area contributed by atoms with Gasteiger partial charge in [-0.3, -0.25) is 0 Å². The van der Waals surface area contributed by atoms with Crippen LogP contribution >= 0.6 is 27.5 Å². The molecule has 0 aliphatic rings. The van der Waals surface area contributed by atoms with E-state index in [-0.39, 0.29) is 0 Å². The number of nitrogens with zero attached hydrogens (tertiary/aromatic N) is 1. The largest absolute Gasteiger partial charge is 0.370 e. The third-order valence-corrected chi connectivity index (χ3v) is 3.05. The molecule has 0 heterocycles. The second-order valence-electron chi connectivity index (χ2n) is 3.58. The van der Waals surface area contributed by atoms with Crippen LogP contribution in [-0.2, 0) is 0 Å². The molecule has 0 saturated heterocycles. The summed E-state index contributed by atoms with van der Waals surface area (Å²) < 4.78 is 1.08. The quantitative estimate of drug-likeness (QED) is 0.758. The SMILES string of the molecule is CCCN(CCC)c1cc(Br)ccc1Cl. The van der Waals surface area contributed by atoms with E-state index in [1.807, 2.05) is 12.1 Å². The van der Waals surface area contributed by atoms with E-state index in [1.165, 1.54) is 0 Å². The fourth-order valence-electron chi connectivity index (χ4n) is 1.62. The van der Waals surface area contributed by atoms with Crippen LogP contribution in [0.2, 0.25) is 5.02 Å². The average molecular weight is 291 g/mol. The van der Waals surface area contributed by atoms with Crippen molar-refractivity contribution in [2.45, 2.75) is 26.7 Å². The van der Waals surface area contributed by atoms with Crippen molar-refractivity contribution >= 4 is 33.2 Å². The lowest BCUT2D eigenvalue weighted by Gasteiger charge is -2.25. The molecule has 0 N–H and O–H groups in total. The van der Waals surface area contributed by atoms with Crippen LogP contribution in [0, 0.1) is 0 Å². The van der Waals surface area contributed by atoms with Crippen molar-refractivity contribution in [2.75, 3.05) is 18.0 Å². The van der Waals surface area contributed by atoms with E-state index >= 15 is 0 Å². The Balaban J connectivity index is 2.93. The molecule has 1 aromatic rings. The summed E-state index contributed by atoms with van der Waals surface area (Å²) in [6, 6.07) is 6.01. The van der Waals surface area contributed by atoms with Gasteiger partial charge in [0, 0.05) is 17.6 Å². The van der Waals surface area contributed by atoms with Crippen molar-refractivity contribution in [3.05, 3.63) is 27.7 Å². The number of hydrogen-bond acceptors (Lipinski definition) is 1. The van der Waals surface area contributed by atoms with E-state index in [0.29, 0.717) is 0 Å². The molecule has 0 unspecified atom stereocenters. The van der Waals surface area contributed by atoms with Crippen LogP contribution in [0.3, 0.4) is 0 Å². The first kappa shape index (κ1) is 12.9. The van der Waals surface area contributed by atoms with Gasteiger partial charge in [-0.1, -0.05) is 41.4 Å². The molecule has 0 fully saturated rings. The zero-order valence-electron chi connectivity index (χ0n) is 9.26. The van der Waals surface area contributed by atoms with Crippen molar-refractivity contribution in [1.82, 2.24) is 0 Å². The van der Waals surface area contributed by atoms with E-state index in [9.17, 15) is 0 Å². The van der Waals surface area contributed by atoms with Gasteiger partial charge in [-0.25, -0.2) is 0 Å². The number of anilines is 1. The van der Waals surface area contributed by atoms with Crippen LogP contribution in [-0.4, -0.2) is 13.1 Å². The summed E-state index contributed by atoms with van der Waals surface area (Å²) in [4.78, 5) is 2.34. The van der Waals surface area contributed by atoms with E-state index in [2.05, 4.69) is 40.7 Å². The lowest BCUT2D eigenvalue weighted by molar-refractivity contribution is 0.745.